The highest BCUT2D eigenvalue weighted by atomic mass is 16.2. The molecule has 0 fully saturated rings. The van der Waals surface area contributed by atoms with Crippen molar-refractivity contribution in [2.24, 2.45) is 0 Å². The maximum atomic E-state index is 8.95. The van der Waals surface area contributed by atoms with Crippen LogP contribution in [-0.4, -0.2) is 21.7 Å². The molecule has 0 spiro atoms. The molecule has 3 rings (SSSR count). The highest BCUT2D eigenvalue weighted by Gasteiger charge is 2.05. The zero-order valence-electron chi connectivity index (χ0n) is 9.93. The van der Waals surface area contributed by atoms with Crippen LogP contribution < -0.4 is 0 Å². The highest BCUT2D eigenvalue weighted by Crippen LogP contribution is 2.21. The molecule has 0 saturated heterocycles. The van der Waals surface area contributed by atoms with Gasteiger partial charge in [-0.15, -0.1) is 0 Å². The molecule has 90 valence electrons. The van der Waals surface area contributed by atoms with Crippen molar-refractivity contribution in [3.63, 3.8) is 0 Å². The van der Waals surface area contributed by atoms with E-state index < -0.39 is 0 Å². The zero-order chi connectivity index (χ0) is 12.4. The van der Waals surface area contributed by atoms with Crippen molar-refractivity contribution >= 4 is 11.0 Å². The number of fused-ring (bicyclic) bond motifs is 1. The van der Waals surface area contributed by atoms with E-state index >= 15 is 0 Å². The van der Waals surface area contributed by atoms with Crippen molar-refractivity contribution in [1.82, 2.24) is 9.97 Å². The topological polar surface area (TPSA) is 48.9 Å². The molecule has 0 atom stereocenters. The molecule has 0 saturated carbocycles. The Morgan fingerprint density at radius 1 is 1.06 bits per heavy atom. The van der Waals surface area contributed by atoms with Crippen LogP contribution >= 0.6 is 0 Å². The Morgan fingerprint density at radius 2 is 1.89 bits per heavy atom. The average Bonchev–Trinajstić information content (AvgIpc) is 2.83. The Hall–Kier alpha value is -2.13. The first-order valence-electron chi connectivity index (χ1n) is 6.02. The minimum Gasteiger partial charge on any atom is -0.396 e. The van der Waals surface area contributed by atoms with Crippen LogP contribution in [0.5, 0.6) is 0 Å². The van der Waals surface area contributed by atoms with Crippen molar-refractivity contribution < 1.29 is 5.11 Å². The lowest BCUT2D eigenvalue weighted by atomic mass is 10.1. The van der Waals surface area contributed by atoms with Gasteiger partial charge in [-0.3, -0.25) is 0 Å². The van der Waals surface area contributed by atoms with Gasteiger partial charge in [0.2, 0.25) is 0 Å². The monoisotopic (exact) mass is 238 g/mol. The largest absolute Gasteiger partial charge is 0.396 e. The van der Waals surface area contributed by atoms with Gasteiger partial charge in [-0.2, -0.15) is 0 Å². The summed E-state index contributed by atoms with van der Waals surface area (Å²) in [5.74, 6) is 0.881. The van der Waals surface area contributed by atoms with Gasteiger partial charge in [0.1, 0.15) is 5.82 Å². The second-order valence-corrected chi connectivity index (χ2v) is 4.28. The van der Waals surface area contributed by atoms with Crippen LogP contribution in [0, 0.1) is 0 Å². The summed E-state index contributed by atoms with van der Waals surface area (Å²) in [6.45, 7) is 0.172. The van der Waals surface area contributed by atoms with E-state index in [1.807, 2.05) is 48.5 Å². The van der Waals surface area contributed by atoms with E-state index in [-0.39, 0.29) is 6.61 Å². The smallest absolute Gasteiger partial charge is 0.138 e. The molecule has 0 amide bonds. The predicted octanol–water partition coefficient (Wildman–Crippen LogP) is 2.76. The third kappa shape index (κ3) is 2.00. The van der Waals surface area contributed by atoms with Crippen molar-refractivity contribution in [3.8, 4) is 11.4 Å². The molecule has 0 radical (unpaired) electrons. The molecule has 3 nitrogen and oxygen atoms in total. The van der Waals surface area contributed by atoms with E-state index in [0.29, 0.717) is 6.42 Å². The standard InChI is InChI=1S/C15H14N2O/c18-9-8-11-6-7-13-14(10-11)17-15(16-13)12-4-2-1-3-5-12/h1-7,10,18H,8-9H2,(H,16,17). The van der Waals surface area contributed by atoms with Crippen molar-refractivity contribution in [2.45, 2.75) is 6.42 Å². The second kappa shape index (κ2) is 4.63. The lowest BCUT2D eigenvalue weighted by Gasteiger charge is -1.96. The molecule has 1 aromatic heterocycles. The van der Waals surface area contributed by atoms with Crippen LogP contribution in [0.15, 0.2) is 48.5 Å². The van der Waals surface area contributed by atoms with Gasteiger partial charge in [-0.25, -0.2) is 4.98 Å². The second-order valence-electron chi connectivity index (χ2n) is 4.28. The number of benzene rings is 2. The Balaban J connectivity index is 2.06. The number of aromatic nitrogens is 2. The molecule has 0 aliphatic heterocycles. The highest BCUT2D eigenvalue weighted by molar-refractivity contribution is 5.80. The lowest BCUT2D eigenvalue weighted by Crippen LogP contribution is -1.89. The molecule has 2 aromatic carbocycles. The Kier molecular flexibility index (Phi) is 2.82. The SMILES string of the molecule is OCCc1ccc2nc(-c3ccccc3)[nH]c2c1. The number of hydrogen-bond acceptors (Lipinski definition) is 2. The van der Waals surface area contributed by atoms with Crippen molar-refractivity contribution in [1.29, 1.82) is 0 Å². The number of nitrogens with zero attached hydrogens (tertiary/aromatic N) is 1. The summed E-state index contributed by atoms with van der Waals surface area (Å²) < 4.78 is 0. The number of rotatable bonds is 3. The van der Waals surface area contributed by atoms with E-state index in [9.17, 15) is 0 Å². The van der Waals surface area contributed by atoms with Crippen LogP contribution in [0.4, 0.5) is 0 Å². The normalized spacial score (nSPS) is 10.9. The van der Waals surface area contributed by atoms with Crippen LogP contribution in [0.3, 0.4) is 0 Å². The molecule has 1 heterocycles. The van der Waals surface area contributed by atoms with E-state index in [4.69, 9.17) is 5.11 Å². The molecule has 0 unspecified atom stereocenters. The van der Waals surface area contributed by atoms with Gasteiger partial charge in [0.25, 0.3) is 0 Å². The number of aliphatic hydroxyl groups is 1. The van der Waals surface area contributed by atoms with Gasteiger partial charge in [-0.1, -0.05) is 36.4 Å². The molecule has 3 heteroatoms. The first kappa shape index (κ1) is 11.0. The minimum atomic E-state index is 0.172. The maximum Gasteiger partial charge on any atom is 0.138 e. The van der Waals surface area contributed by atoms with E-state index in [2.05, 4.69) is 9.97 Å². The van der Waals surface area contributed by atoms with Crippen LogP contribution in [-0.2, 0) is 6.42 Å². The molecule has 0 aliphatic rings. The number of aliphatic hydroxyl groups excluding tert-OH is 1. The summed E-state index contributed by atoms with van der Waals surface area (Å²) in [6.07, 6.45) is 0.676. The molecule has 0 bridgehead atoms. The van der Waals surface area contributed by atoms with Crippen LogP contribution in [0.1, 0.15) is 5.56 Å². The van der Waals surface area contributed by atoms with E-state index in [0.717, 1.165) is 28.0 Å². The van der Waals surface area contributed by atoms with Crippen molar-refractivity contribution in [3.05, 3.63) is 54.1 Å². The van der Waals surface area contributed by atoms with Crippen molar-refractivity contribution in [2.75, 3.05) is 6.61 Å². The molecule has 3 aromatic rings. The Morgan fingerprint density at radius 3 is 2.67 bits per heavy atom. The average molecular weight is 238 g/mol. The fourth-order valence-corrected chi connectivity index (χ4v) is 2.07. The summed E-state index contributed by atoms with van der Waals surface area (Å²) in [6, 6.07) is 16.1. The molecular formula is C15H14N2O. The first-order chi connectivity index (χ1) is 8.86. The predicted molar refractivity (Wildman–Crippen MR) is 72.3 cm³/mol. The number of imidazole rings is 1. The summed E-state index contributed by atoms with van der Waals surface area (Å²) in [5, 5.41) is 8.95. The lowest BCUT2D eigenvalue weighted by molar-refractivity contribution is 0.299. The third-order valence-electron chi connectivity index (χ3n) is 2.99. The van der Waals surface area contributed by atoms with Gasteiger partial charge in [0.05, 0.1) is 11.0 Å². The van der Waals surface area contributed by atoms with E-state index in [1.165, 1.54) is 0 Å². The fourth-order valence-electron chi connectivity index (χ4n) is 2.07. The van der Waals surface area contributed by atoms with Gasteiger partial charge >= 0.3 is 0 Å². The quantitative estimate of drug-likeness (QED) is 0.737. The fraction of sp³-hybridized carbons (Fsp3) is 0.133. The summed E-state index contributed by atoms with van der Waals surface area (Å²) in [5.41, 5.74) is 4.17. The van der Waals surface area contributed by atoms with Gasteiger partial charge in [0.15, 0.2) is 0 Å². The Labute approximate surface area is 105 Å². The van der Waals surface area contributed by atoms with Crippen LogP contribution in [0.25, 0.3) is 22.4 Å². The Bertz CT molecular complexity index is 659. The molecule has 2 N–H and O–H groups in total. The van der Waals surface area contributed by atoms with E-state index in [1.54, 1.807) is 0 Å². The molecular weight excluding hydrogens is 224 g/mol. The maximum absolute atomic E-state index is 8.95. The number of nitrogens with one attached hydrogen (secondary N) is 1. The molecule has 0 aliphatic carbocycles. The third-order valence-corrected chi connectivity index (χ3v) is 2.99. The number of hydrogen-bond donors (Lipinski definition) is 2. The number of H-pyrrole nitrogens is 1. The summed E-state index contributed by atoms with van der Waals surface area (Å²) >= 11 is 0. The molecule has 18 heavy (non-hydrogen) atoms. The van der Waals surface area contributed by atoms with Gasteiger partial charge in [-0.05, 0) is 24.1 Å². The summed E-state index contributed by atoms with van der Waals surface area (Å²) in [7, 11) is 0. The number of aromatic amines is 1. The van der Waals surface area contributed by atoms with Gasteiger partial charge in [0, 0.05) is 12.2 Å². The first-order valence-corrected chi connectivity index (χ1v) is 6.02. The van der Waals surface area contributed by atoms with Gasteiger partial charge < -0.3 is 10.1 Å². The van der Waals surface area contributed by atoms with Crippen LogP contribution in [0.2, 0.25) is 0 Å². The summed E-state index contributed by atoms with van der Waals surface area (Å²) in [4.78, 5) is 7.88. The minimum absolute atomic E-state index is 0.172. The zero-order valence-corrected chi connectivity index (χ0v) is 9.93.